The van der Waals surface area contributed by atoms with Gasteiger partial charge in [0.25, 0.3) is 0 Å². The van der Waals surface area contributed by atoms with Crippen LogP contribution in [0.15, 0.2) is 36.4 Å². The molecule has 26 heavy (non-hydrogen) atoms. The Labute approximate surface area is 161 Å². The average Bonchev–Trinajstić information content (AvgIpc) is 3.22. The maximum absolute atomic E-state index is 13.1. The second-order valence-corrected chi connectivity index (χ2v) is 7.44. The summed E-state index contributed by atoms with van der Waals surface area (Å²) in [5, 5.41) is 10.00. The number of halogens is 2. The zero-order valence-corrected chi connectivity index (χ0v) is 16.0. The molecule has 2 aromatic carbocycles. The molecule has 0 heterocycles. The molecule has 1 aliphatic carbocycles. The number of hydrogen-bond donors (Lipinski definition) is 1. The summed E-state index contributed by atoms with van der Waals surface area (Å²) in [5.41, 5.74) is 1.01. The summed E-state index contributed by atoms with van der Waals surface area (Å²) < 4.78 is 14.2. The third kappa shape index (κ3) is 3.06. The summed E-state index contributed by atoms with van der Waals surface area (Å²) in [5.74, 6) is -0.115. The van der Waals surface area contributed by atoms with Gasteiger partial charge in [-0.2, -0.15) is 0 Å². The molecule has 1 fully saturated rings. The van der Waals surface area contributed by atoms with Gasteiger partial charge < -0.3 is 19.3 Å². The van der Waals surface area contributed by atoms with Crippen LogP contribution in [-0.4, -0.2) is 36.6 Å². The lowest BCUT2D eigenvalue weighted by Gasteiger charge is -2.10. The van der Waals surface area contributed by atoms with Crippen molar-refractivity contribution in [3.8, 4) is 23.0 Å². The normalized spacial score (nSPS) is 20.3. The molecule has 0 aromatic heterocycles. The Kier molecular flexibility index (Phi) is 4.95. The monoisotopic (exact) mass is 396 g/mol. The number of carbonyl (C=O) groups is 1. The molecule has 0 saturated heterocycles. The van der Waals surface area contributed by atoms with Crippen molar-refractivity contribution in [2.75, 3.05) is 21.3 Å². The molecule has 2 unspecified atom stereocenters. The van der Waals surface area contributed by atoms with Crippen LogP contribution in [0, 0.1) is 5.92 Å². The summed E-state index contributed by atoms with van der Waals surface area (Å²) in [7, 11) is 4.46. The van der Waals surface area contributed by atoms with Gasteiger partial charge in [-0.15, -0.1) is 23.2 Å². The number of benzene rings is 2. The van der Waals surface area contributed by atoms with Crippen LogP contribution in [0.25, 0.3) is 0 Å². The smallest absolute Gasteiger partial charge is 0.173 e. The number of phenols is 1. The van der Waals surface area contributed by atoms with Gasteiger partial charge in [-0.1, -0.05) is 6.07 Å². The molecule has 1 saturated carbocycles. The number of carbonyl (C=O) groups excluding carboxylic acids is 1. The quantitative estimate of drug-likeness (QED) is 0.585. The minimum absolute atomic E-state index is 0.0359. The van der Waals surface area contributed by atoms with E-state index in [2.05, 4.69) is 0 Å². The highest BCUT2D eigenvalue weighted by Crippen LogP contribution is 2.66. The maximum Gasteiger partial charge on any atom is 0.173 e. The van der Waals surface area contributed by atoms with Crippen molar-refractivity contribution in [1.29, 1.82) is 0 Å². The topological polar surface area (TPSA) is 65.0 Å². The number of ketones is 1. The van der Waals surface area contributed by atoms with Crippen LogP contribution < -0.4 is 14.2 Å². The minimum atomic E-state index is -1.27. The van der Waals surface area contributed by atoms with E-state index in [9.17, 15) is 9.90 Å². The van der Waals surface area contributed by atoms with Gasteiger partial charge in [0.15, 0.2) is 17.3 Å². The summed E-state index contributed by atoms with van der Waals surface area (Å²) in [4.78, 5) is 13.1. The van der Waals surface area contributed by atoms with Crippen molar-refractivity contribution in [2.45, 2.75) is 10.3 Å². The largest absolute Gasteiger partial charge is 0.504 e. The summed E-state index contributed by atoms with van der Waals surface area (Å²) in [6.07, 6.45) is 0. The molecule has 5 nitrogen and oxygen atoms in total. The standard InChI is InChI=1S/C19H18Cl2O5/c1-24-11-5-7-14(25-2)12(9-11)18(23)17-16(19(17,20)21)10-4-6-15(26-3)13(22)8-10/h4-9,16-17,22H,1-3H3. The third-order valence-electron chi connectivity index (χ3n) is 4.57. The molecular weight excluding hydrogens is 379 g/mol. The number of Topliss-reactive ketones (excluding diaryl/α,β-unsaturated/α-hetero) is 1. The summed E-state index contributed by atoms with van der Waals surface area (Å²) in [6.45, 7) is 0. The first kappa shape index (κ1) is 18.7. The van der Waals surface area contributed by atoms with E-state index < -0.39 is 16.2 Å². The molecule has 0 amide bonds. The lowest BCUT2D eigenvalue weighted by Crippen LogP contribution is -2.09. The molecular formula is C19H18Cl2O5. The Morgan fingerprint density at radius 3 is 2.23 bits per heavy atom. The SMILES string of the molecule is COc1ccc(OC)c(C(=O)C2C(c3ccc(OC)c(O)c3)C2(Cl)Cl)c1. The molecule has 0 bridgehead atoms. The van der Waals surface area contributed by atoms with Crippen LogP contribution in [0.1, 0.15) is 21.8 Å². The first-order chi connectivity index (χ1) is 12.3. The molecule has 0 spiro atoms. The van der Waals surface area contributed by atoms with Crippen LogP contribution >= 0.6 is 23.2 Å². The number of hydrogen-bond acceptors (Lipinski definition) is 5. The molecule has 2 atom stereocenters. The van der Waals surface area contributed by atoms with Gasteiger partial charge in [0, 0.05) is 5.92 Å². The number of rotatable bonds is 6. The van der Waals surface area contributed by atoms with Crippen molar-refractivity contribution >= 4 is 29.0 Å². The number of alkyl halides is 2. The first-order valence-corrected chi connectivity index (χ1v) is 8.61. The zero-order valence-electron chi connectivity index (χ0n) is 14.5. The number of methoxy groups -OCH3 is 3. The molecule has 2 aromatic rings. The van der Waals surface area contributed by atoms with E-state index in [1.165, 1.54) is 27.4 Å². The molecule has 0 radical (unpaired) electrons. The van der Waals surface area contributed by atoms with E-state index in [4.69, 9.17) is 37.4 Å². The molecule has 1 N–H and O–H groups in total. The second-order valence-electron chi connectivity index (χ2n) is 5.99. The Morgan fingerprint density at radius 2 is 1.65 bits per heavy atom. The van der Waals surface area contributed by atoms with Gasteiger partial charge in [-0.3, -0.25) is 4.79 Å². The molecule has 3 rings (SSSR count). The van der Waals surface area contributed by atoms with Gasteiger partial charge in [-0.05, 0) is 35.9 Å². The van der Waals surface area contributed by atoms with Crippen LogP contribution in [0.2, 0.25) is 0 Å². The van der Waals surface area contributed by atoms with E-state index in [1.54, 1.807) is 30.3 Å². The summed E-state index contributed by atoms with van der Waals surface area (Å²) in [6, 6.07) is 9.83. The fraction of sp³-hybridized carbons (Fsp3) is 0.316. The van der Waals surface area contributed by atoms with Gasteiger partial charge in [0.2, 0.25) is 0 Å². The van der Waals surface area contributed by atoms with Crippen molar-refractivity contribution in [3.05, 3.63) is 47.5 Å². The first-order valence-electron chi connectivity index (χ1n) is 7.86. The van der Waals surface area contributed by atoms with Crippen molar-refractivity contribution in [3.63, 3.8) is 0 Å². The molecule has 7 heteroatoms. The summed E-state index contributed by atoms with van der Waals surface area (Å²) >= 11 is 12.8. The minimum Gasteiger partial charge on any atom is -0.504 e. The Hall–Kier alpha value is -2.11. The highest BCUT2D eigenvalue weighted by molar-refractivity contribution is 6.54. The lowest BCUT2D eigenvalue weighted by atomic mass is 10.0. The number of aromatic hydroxyl groups is 1. The van der Waals surface area contributed by atoms with E-state index >= 15 is 0 Å². The number of phenolic OH excluding ortho intramolecular Hbond substituents is 1. The van der Waals surface area contributed by atoms with Crippen LogP contribution in [-0.2, 0) is 0 Å². The average molecular weight is 397 g/mol. The van der Waals surface area contributed by atoms with Gasteiger partial charge in [0.1, 0.15) is 15.8 Å². The highest BCUT2D eigenvalue weighted by atomic mass is 35.5. The lowest BCUT2D eigenvalue weighted by molar-refractivity contribution is 0.0961. The number of ether oxygens (including phenoxy) is 3. The second kappa shape index (κ2) is 6.89. The van der Waals surface area contributed by atoms with Crippen molar-refractivity contribution < 1.29 is 24.1 Å². The van der Waals surface area contributed by atoms with Gasteiger partial charge in [-0.25, -0.2) is 0 Å². The zero-order chi connectivity index (χ0) is 19.1. The van der Waals surface area contributed by atoms with E-state index in [0.717, 1.165) is 0 Å². The van der Waals surface area contributed by atoms with Crippen LogP contribution in [0.4, 0.5) is 0 Å². The predicted molar refractivity (Wildman–Crippen MR) is 99.2 cm³/mol. The third-order valence-corrected chi connectivity index (χ3v) is 5.51. The Bertz CT molecular complexity index is 850. The highest BCUT2D eigenvalue weighted by Gasteiger charge is 2.67. The van der Waals surface area contributed by atoms with E-state index in [0.29, 0.717) is 28.4 Å². The van der Waals surface area contributed by atoms with E-state index in [-0.39, 0.29) is 11.5 Å². The fourth-order valence-electron chi connectivity index (χ4n) is 3.14. The Morgan fingerprint density at radius 1 is 1.00 bits per heavy atom. The van der Waals surface area contributed by atoms with Crippen molar-refractivity contribution in [1.82, 2.24) is 0 Å². The molecule has 138 valence electrons. The Balaban J connectivity index is 1.95. The van der Waals surface area contributed by atoms with Gasteiger partial charge in [0.05, 0.1) is 32.8 Å². The maximum atomic E-state index is 13.1. The van der Waals surface area contributed by atoms with Crippen LogP contribution in [0.3, 0.4) is 0 Å². The van der Waals surface area contributed by atoms with Crippen LogP contribution in [0.5, 0.6) is 23.0 Å². The van der Waals surface area contributed by atoms with Crippen molar-refractivity contribution in [2.24, 2.45) is 5.92 Å². The molecule has 0 aliphatic heterocycles. The fourth-order valence-corrected chi connectivity index (χ4v) is 3.97. The molecule has 1 aliphatic rings. The van der Waals surface area contributed by atoms with E-state index in [1.807, 2.05) is 0 Å². The predicted octanol–water partition coefficient (Wildman–Crippen LogP) is 4.19. The van der Waals surface area contributed by atoms with Gasteiger partial charge >= 0.3 is 0 Å².